The van der Waals surface area contributed by atoms with Gasteiger partial charge in [0.05, 0.1) is 0 Å². The highest BCUT2D eigenvalue weighted by Gasteiger charge is 2.06. The zero-order valence-electron chi connectivity index (χ0n) is 10.6. The summed E-state index contributed by atoms with van der Waals surface area (Å²) in [6.07, 6.45) is 4.58. The van der Waals surface area contributed by atoms with E-state index < -0.39 is 0 Å². The molecule has 0 amide bonds. The van der Waals surface area contributed by atoms with E-state index >= 15 is 0 Å². The van der Waals surface area contributed by atoms with Crippen LogP contribution in [-0.2, 0) is 4.79 Å². The summed E-state index contributed by atoms with van der Waals surface area (Å²) in [5.41, 5.74) is 7.17. The number of unbranched alkanes of at least 4 members (excludes halogenated alkanes) is 2. The number of benzene rings is 1. The number of rotatable bonds is 6. The van der Waals surface area contributed by atoms with Gasteiger partial charge in [-0.3, -0.25) is 4.79 Å². The van der Waals surface area contributed by atoms with Gasteiger partial charge in [-0.1, -0.05) is 38.3 Å². The zero-order valence-corrected chi connectivity index (χ0v) is 10.6. The second-order valence-electron chi connectivity index (χ2n) is 4.26. The monoisotopic (exact) mass is 235 g/mol. The van der Waals surface area contributed by atoms with E-state index in [1.54, 1.807) is 12.1 Å². The van der Waals surface area contributed by atoms with Crippen molar-refractivity contribution < 1.29 is 9.53 Å². The second kappa shape index (κ2) is 7.07. The fourth-order valence-corrected chi connectivity index (χ4v) is 1.73. The highest BCUT2D eigenvalue weighted by atomic mass is 16.5. The van der Waals surface area contributed by atoms with Crippen molar-refractivity contribution in [2.45, 2.75) is 45.6 Å². The fraction of sp³-hybridized carbons (Fsp3) is 0.500. The molecule has 1 atom stereocenters. The molecule has 0 aromatic heterocycles. The number of esters is 1. The van der Waals surface area contributed by atoms with Crippen LogP contribution >= 0.6 is 0 Å². The molecule has 2 N–H and O–H groups in total. The Kier molecular flexibility index (Phi) is 5.70. The lowest BCUT2D eigenvalue weighted by molar-refractivity contribution is -0.131. The van der Waals surface area contributed by atoms with Gasteiger partial charge >= 0.3 is 5.97 Å². The molecule has 0 radical (unpaired) electrons. The maximum atomic E-state index is 10.8. The molecule has 1 rings (SSSR count). The lowest BCUT2D eigenvalue weighted by Gasteiger charge is -2.12. The van der Waals surface area contributed by atoms with E-state index in [1.165, 1.54) is 19.8 Å². The predicted molar refractivity (Wildman–Crippen MR) is 68.8 cm³/mol. The van der Waals surface area contributed by atoms with Crippen LogP contribution in [0.5, 0.6) is 5.75 Å². The Bertz CT molecular complexity index is 346. The van der Waals surface area contributed by atoms with E-state index in [0.29, 0.717) is 5.75 Å². The zero-order chi connectivity index (χ0) is 12.7. The van der Waals surface area contributed by atoms with Crippen molar-refractivity contribution in [3.05, 3.63) is 29.8 Å². The summed E-state index contributed by atoms with van der Waals surface area (Å²) < 4.78 is 4.97. The molecule has 94 valence electrons. The molecule has 1 aromatic carbocycles. The summed E-state index contributed by atoms with van der Waals surface area (Å²) in [7, 11) is 0. The van der Waals surface area contributed by atoms with E-state index in [9.17, 15) is 4.79 Å². The third kappa shape index (κ3) is 5.00. The van der Waals surface area contributed by atoms with Crippen molar-refractivity contribution in [1.82, 2.24) is 0 Å². The molecule has 0 saturated heterocycles. The Morgan fingerprint density at radius 2 is 1.94 bits per heavy atom. The van der Waals surface area contributed by atoms with Gasteiger partial charge in [0, 0.05) is 13.0 Å². The Labute approximate surface area is 103 Å². The van der Waals surface area contributed by atoms with Crippen molar-refractivity contribution >= 4 is 5.97 Å². The number of carbonyl (C=O) groups is 1. The summed E-state index contributed by atoms with van der Waals surface area (Å²) in [5.74, 6) is 0.270. The lowest BCUT2D eigenvalue weighted by Crippen LogP contribution is -2.10. The van der Waals surface area contributed by atoms with Crippen LogP contribution in [0.15, 0.2) is 24.3 Å². The molecular weight excluding hydrogens is 214 g/mol. The summed E-state index contributed by atoms with van der Waals surface area (Å²) in [4.78, 5) is 10.8. The average Bonchev–Trinajstić information content (AvgIpc) is 2.29. The average molecular weight is 235 g/mol. The lowest BCUT2D eigenvalue weighted by atomic mass is 10.0. The fourth-order valence-electron chi connectivity index (χ4n) is 1.73. The maximum Gasteiger partial charge on any atom is 0.308 e. The second-order valence-corrected chi connectivity index (χ2v) is 4.26. The SMILES string of the molecule is CCCCC[C@@H](N)c1ccc(OC(C)=O)cc1. The standard InChI is InChI=1S/C14H21NO2/c1-3-4-5-6-14(15)12-7-9-13(10-8-12)17-11(2)16/h7-10,14H,3-6,15H2,1-2H3/t14-/m1/s1. The van der Waals surface area contributed by atoms with E-state index in [-0.39, 0.29) is 12.0 Å². The predicted octanol–water partition coefficient (Wildman–Crippen LogP) is 3.19. The molecule has 17 heavy (non-hydrogen) atoms. The van der Waals surface area contributed by atoms with Crippen LogP contribution in [-0.4, -0.2) is 5.97 Å². The van der Waals surface area contributed by atoms with Gasteiger partial charge in [-0.2, -0.15) is 0 Å². The molecule has 0 unspecified atom stereocenters. The smallest absolute Gasteiger partial charge is 0.308 e. The summed E-state index contributed by atoms with van der Waals surface area (Å²) in [5, 5.41) is 0. The molecule has 0 saturated carbocycles. The highest BCUT2D eigenvalue weighted by molar-refractivity contribution is 5.69. The van der Waals surface area contributed by atoms with Crippen LogP contribution in [0.3, 0.4) is 0 Å². The molecule has 0 aliphatic rings. The molecule has 3 nitrogen and oxygen atoms in total. The minimum Gasteiger partial charge on any atom is -0.427 e. The quantitative estimate of drug-likeness (QED) is 0.468. The van der Waals surface area contributed by atoms with Crippen molar-refractivity contribution in [1.29, 1.82) is 0 Å². The summed E-state index contributed by atoms with van der Waals surface area (Å²) in [6.45, 7) is 3.57. The first kappa shape index (κ1) is 13.7. The number of ether oxygens (including phenoxy) is 1. The molecule has 0 bridgehead atoms. The number of nitrogens with two attached hydrogens (primary N) is 1. The van der Waals surface area contributed by atoms with Crippen LogP contribution in [0.4, 0.5) is 0 Å². The van der Waals surface area contributed by atoms with Gasteiger partial charge in [-0.25, -0.2) is 0 Å². The van der Waals surface area contributed by atoms with Gasteiger partial charge in [0.25, 0.3) is 0 Å². The van der Waals surface area contributed by atoms with Gasteiger partial charge in [0.1, 0.15) is 5.75 Å². The highest BCUT2D eigenvalue weighted by Crippen LogP contribution is 2.20. The third-order valence-electron chi connectivity index (χ3n) is 2.69. The van der Waals surface area contributed by atoms with Crippen LogP contribution in [0.25, 0.3) is 0 Å². The van der Waals surface area contributed by atoms with Gasteiger partial charge in [-0.15, -0.1) is 0 Å². The first-order valence-electron chi connectivity index (χ1n) is 6.17. The summed E-state index contributed by atoms with van der Waals surface area (Å²) >= 11 is 0. The van der Waals surface area contributed by atoms with Crippen molar-refractivity contribution in [2.75, 3.05) is 0 Å². The van der Waals surface area contributed by atoms with E-state index in [4.69, 9.17) is 10.5 Å². The van der Waals surface area contributed by atoms with Crippen LogP contribution in [0.2, 0.25) is 0 Å². The molecule has 3 heteroatoms. The molecule has 0 heterocycles. The van der Waals surface area contributed by atoms with Gasteiger partial charge in [-0.05, 0) is 24.1 Å². The van der Waals surface area contributed by atoms with Gasteiger partial charge in [0.15, 0.2) is 0 Å². The first-order chi connectivity index (χ1) is 8.13. The van der Waals surface area contributed by atoms with E-state index in [1.807, 2.05) is 12.1 Å². The normalized spacial score (nSPS) is 12.2. The molecule has 0 fully saturated rings. The van der Waals surface area contributed by atoms with E-state index in [0.717, 1.165) is 18.4 Å². The third-order valence-corrected chi connectivity index (χ3v) is 2.69. The van der Waals surface area contributed by atoms with Gasteiger partial charge in [0.2, 0.25) is 0 Å². The van der Waals surface area contributed by atoms with Crippen molar-refractivity contribution in [3.8, 4) is 5.75 Å². The Hall–Kier alpha value is -1.35. The van der Waals surface area contributed by atoms with E-state index in [2.05, 4.69) is 6.92 Å². The Morgan fingerprint density at radius 3 is 2.47 bits per heavy atom. The number of hydrogen-bond acceptors (Lipinski definition) is 3. The van der Waals surface area contributed by atoms with Crippen LogP contribution < -0.4 is 10.5 Å². The minimum atomic E-state index is -0.301. The topological polar surface area (TPSA) is 52.3 Å². The Morgan fingerprint density at radius 1 is 1.29 bits per heavy atom. The molecular formula is C14H21NO2. The van der Waals surface area contributed by atoms with Crippen LogP contribution in [0.1, 0.15) is 51.1 Å². The number of carbonyl (C=O) groups excluding carboxylic acids is 1. The maximum absolute atomic E-state index is 10.8. The molecule has 0 spiro atoms. The first-order valence-corrected chi connectivity index (χ1v) is 6.17. The van der Waals surface area contributed by atoms with Crippen molar-refractivity contribution in [3.63, 3.8) is 0 Å². The Balaban J connectivity index is 2.51. The van der Waals surface area contributed by atoms with Gasteiger partial charge < -0.3 is 10.5 Å². The molecule has 0 aliphatic carbocycles. The largest absolute Gasteiger partial charge is 0.427 e. The summed E-state index contributed by atoms with van der Waals surface area (Å²) in [6, 6.07) is 7.50. The van der Waals surface area contributed by atoms with Crippen molar-refractivity contribution in [2.24, 2.45) is 5.73 Å². The van der Waals surface area contributed by atoms with Crippen LogP contribution in [0, 0.1) is 0 Å². The molecule has 1 aromatic rings. The minimum absolute atomic E-state index is 0.0768. The number of hydrogen-bond donors (Lipinski definition) is 1. The molecule has 0 aliphatic heterocycles.